The minimum absolute atomic E-state index is 0.0238. The first-order chi connectivity index (χ1) is 13.8. The molecular formula is C22H28N2O4S. The maximum atomic E-state index is 12.5. The molecule has 29 heavy (non-hydrogen) atoms. The second kappa shape index (κ2) is 8.97. The molecule has 0 bridgehead atoms. The van der Waals surface area contributed by atoms with Crippen LogP contribution in [0.4, 0.5) is 0 Å². The van der Waals surface area contributed by atoms with Crippen LogP contribution in [0.25, 0.3) is 0 Å². The molecule has 7 heteroatoms. The van der Waals surface area contributed by atoms with Crippen LogP contribution in [0, 0.1) is 13.8 Å². The summed E-state index contributed by atoms with van der Waals surface area (Å²) >= 11 is 0. The number of aryl methyl sites for hydroxylation is 2. The van der Waals surface area contributed by atoms with Gasteiger partial charge in [-0.05, 0) is 49.6 Å². The minimum Gasteiger partial charge on any atom is -0.497 e. The van der Waals surface area contributed by atoms with Gasteiger partial charge in [-0.3, -0.25) is 4.79 Å². The van der Waals surface area contributed by atoms with Gasteiger partial charge in [0.15, 0.2) is 0 Å². The van der Waals surface area contributed by atoms with Crippen molar-refractivity contribution < 1.29 is 17.9 Å². The van der Waals surface area contributed by atoms with Crippen molar-refractivity contribution >= 4 is 15.9 Å². The monoisotopic (exact) mass is 416 g/mol. The van der Waals surface area contributed by atoms with Gasteiger partial charge in [0.05, 0.1) is 12.0 Å². The lowest BCUT2D eigenvalue weighted by Gasteiger charge is -2.17. The summed E-state index contributed by atoms with van der Waals surface area (Å²) < 4.78 is 32.8. The van der Waals surface area contributed by atoms with Crippen LogP contribution in [0.2, 0.25) is 0 Å². The van der Waals surface area contributed by atoms with E-state index in [1.54, 1.807) is 26.2 Å². The second-order valence-electron chi connectivity index (χ2n) is 7.52. The molecule has 1 aliphatic heterocycles. The molecule has 2 aromatic rings. The average Bonchev–Trinajstić information content (AvgIpc) is 3.18. The number of ether oxygens (including phenoxy) is 1. The zero-order valence-electron chi connectivity index (χ0n) is 17.1. The van der Waals surface area contributed by atoms with Crippen molar-refractivity contribution in [2.45, 2.75) is 37.5 Å². The number of hydrogen-bond acceptors (Lipinski definition) is 4. The van der Waals surface area contributed by atoms with E-state index < -0.39 is 10.0 Å². The van der Waals surface area contributed by atoms with Crippen LogP contribution >= 0.6 is 0 Å². The Kier molecular flexibility index (Phi) is 6.59. The van der Waals surface area contributed by atoms with E-state index in [9.17, 15) is 13.2 Å². The molecule has 0 saturated carbocycles. The van der Waals surface area contributed by atoms with E-state index in [4.69, 9.17) is 4.74 Å². The first kappa shape index (κ1) is 21.3. The van der Waals surface area contributed by atoms with Gasteiger partial charge in [-0.1, -0.05) is 29.8 Å². The van der Waals surface area contributed by atoms with Gasteiger partial charge in [0, 0.05) is 32.0 Å². The number of sulfonamides is 1. The molecule has 6 nitrogen and oxygen atoms in total. The molecule has 1 saturated heterocycles. The fourth-order valence-corrected chi connectivity index (χ4v) is 5.02. The summed E-state index contributed by atoms with van der Waals surface area (Å²) in [5, 5.41) is 0. The second-order valence-corrected chi connectivity index (χ2v) is 9.25. The smallest absolute Gasteiger partial charge is 0.240 e. The van der Waals surface area contributed by atoms with Crippen LogP contribution in [0.3, 0.4) is 0 Å². The van der Waals surface area contributed by atoms with E-state index in [1.807, 2.05) is 42.2 Å². The summed E-state index contributed by atoms with van der Waals surface area (Å²) in [7, 11) is -1.98. The Balaban J connectivity index is 1.52. The average molecular weight is 417 g/mol. The lowest BCUT2D eigenvalue weighted by Crippen LogP contribution is -2.33. The van der Waals surface area contributed by atoms with Gasteiger partial charge in [-0.2, -0.15) is 0 Å². The van der Waals surface area contributed by atoms with Crippen LogP contribution in [-0.2, 0) is 14.8 Å². The SMILES string of the molecule is COc1ccc(C2CCN(C(=O)CCNS(=O)(=O)c3ccc(C)cc3C)C2)cc1. The molecule has 1 aliphatic rings. The summed E-state index contributed by atoms with van der Waals surface area (Å²) in [5.74, 6) is 1.09. The molecule has 1 amide bonds. The number of carbonyl (C=O) groups is 1. The highest BCUT2D eigenvalue weighted by atomic mass is 32.2. The van der Waals surface area contributed by atoms with E-state index in [0.29, 0.717) is 24.6 Å². The quantitative estimate of drug-likeness (QED) is 0.753. The van der Waals surface area contributed by atoms with Gasteiger partial charge in [0.25, 0.3) is 0 Å². The van der Waals surface area contributed by atoms with Crippen LogP contribution in [0.5, 0.6) is 5.75 Å². The number of methoxy groups -OCH3 is 1. The third kappa shape index (κ3) is 5.16. The van der Waals surface area contributed by atoms with E-state index in [-0.39, 0.29) is 23.8 Å². The zero-order valence-corrected chi connectivity index (χ0v) is 18.0. The van der Waals surface area contributed by atoms with Crippen LogP contribution in [0.1, 0.15) is 35.4 Å². The lowest BCUT2D eigenvalue weighted by molar-refractivity contribution is -0.130. The zero-order chi connectivity index (χ0) is 21.0. The van der Waals surface area contributed by atoms with Gasteiger partial charge in [0.1, 0.15) is 5.75 Å². The summed E-state index contributed by atoms with van der Waals surface area (Å²) in [5.41, 5.74) is 2.90. The van der Waals surface area contributed by atoms with E-state index >= 15 is 0 Å². The third-order valence-corrected chi connectivity index (χ3v) is 7.00. The molecule has 0 radical (unpaired) electrons. The number of likely N-dealkylation sites (tertiary alicyclic amines) is 1. The number of hydrogen-bond donors (Lipinski definition) is 1. The summed E-state index contributed by atoms with van der Waals surface area (Å²) in [4.78, 5) is 14.6. The van der Waals surface area contributed by atoms with Gasteiger partial charge in [-0.15, -0.1) is 0 Å². The van der Waals surface area contributed by atoms with Crippen LogP contribution in [0.15, 0.2) is 47.4 Å². The van der Waals surface area contributed by atoms with Gasteiger partial charge >= 0.3 is 0 Å². The number of amides is 1. The lowest BCUT2D eigenvalue weighted by atomic mass is 9.98. The molecule has 156 valence electrons. The Morgan fingerprint density at radius 2 is 1.90 bits per heavy atom. The summed E-state index contributed by atoms with van der Waals surface area (Å²) in [6.45, 7) is 5.15. The Bertz CT molecular complexity index is 971. The Labute approximate surface area is 172 Å². The number of carbonyl (C=O) groups excluding carboxylic acids is 1. The van der Waals surface area contributed by atoms with E-state index in [1.165, 1.54) is 5.56 Å². The highest BCUT2D eigenvalue weighted by Crippen LogP contribution is 2.28. The van der Waals surface area contributed by atoms with Crippen molar-refractivity contribution in [2.75, 3.05) is 26.7 Å². The van der Waals surface area contributed by atoms with Crippen LogP contribution in [-0.4, -0.2) is 46.0 Å². The minimum atomic E-state index is -3.62. The molecule has 0 aromatic heterocycles. The molecule has 1 heterocycles. The predicted octanol–water partition coefficient (Wildman–Crippen LogP) is 3.00. The van der Waals surface area contributed by atoms with Gasteiger partial charge < -0.3 is 9.64 Å². The van der Waals surface area contributed by atoms with E-state index in [2.05, 4.69) is 4.72 Å². The normalized spacial score (nSPS) is 16.8. The van der Waals surface area contributed by atoms with Crippen molar-refractivity contribution in [1.82, 2.24) is 9.62 Å². The number of benzene rings is 2. The highest BCUT2D eigenvalue weighted by Gasteiger charge is 2.27. The topological polar surface area (TPSA) is 75.7 Å². The Morgan fingerprint density at radius 3 is 2.55 bits per heavy atom. The largest absolute Gasteiger partial charge is 0.497 e. The fourth-order valence-electron chi connectivity index (χ4n) is 3.76. The molecule has 1 atom stereocenters. The number of nitrogens with one attached hydrogen (secondary N) is 1. The van der Waals surface area contributed by atoms with E-state index in [0.717, 1.165) is 17.7 Å². The first-order valence-electron chi connectivity index (χ1n) is 9.79. The Morgan fingerprint density at radius 1 is 1.17 bits per heavy atom. The molecular weight excluding hydrogens is 388 g/mol. The molecule has 3 rings (SSSR count). The van der Waals surface area contributed by atoms with Crippen molar-refractivity contribution in [2.24, 2.45) is 0 Å². The molecule has 1 N–H and O–H groups in total. The molecule has 1 unspecified atom stereocenters. The third-order valence-electron chi connectivity index (χ3n) is 5.38. The molecule has 1 fully saturated rings. The van der Waals surface area contributed by atoms with Crippen molar-refractivity contribution in [3.05, 3.63) is 59.2 Å². The first-order valence-corrected chi connectivity index (χ1v) is 11.3. The number of rotatable bonds is 7. The number of nitrogens with zero attached hydrogens (tertiary/aromatic N) is 1. The summed E-state index contributed by atoms with van der Waals surface area (Å²) in [6.07, 6.45) is 1.06. The van der Waals surface area contributed by atoms with Crippen molar-refractivity contribution in [3.8, 4) is 5.75 Å². The van der Waals surface area contributed by atoms with Gasteiger partial charge in [0.2, 0.25) is 15.9 Å². The Hall–Kier alpha value is -2.38. The standard InChI is InChI=1S/C22H28N2O4S/c1-16-4-9-21(17(2)14-16)29(26,27)23-12-10-22(25)24-13-11-19(15-24)18-5-7-20(28-3)8-6-18/h4-9,14,19,23H,10-13,15H2,1-3H3. The van der Waals surface area contributed by atoms with Crippen LogP contribution < -0.4 is 9.46 Å². The summed E-state index contributed by atoms with van der Waals surface area (Å²) in [6, 6.07) is 13.2. The molecule has 0 aliphatic carbocycles. The maximum absolute atomic E-state index is 12.5. The van der Waals surface area contributed by atoms with Gasteiger partial charge in [-0.25, -0.2) is 13.1 Å². The van der Waals surface area contributed by atoms with Crippen molar-refractivity contribution in [3.63, 3.8) is 0 Å². The predicted molar refractivity (Wildman–Crippen MR) is 113 cm³/mol. The molecule has 2 aromatic carbocycles. The van der Waals surface area contributed by atoms with Crippen molar-refractivity contribution in [1.29, 1.82) is 0 Å². The molecule has 0 spiro atoms. The highest BCUT2D eigenvalue weighted by molar-refractivity contribution is 7.89. The fraction of sp³-hybridized carbons (Fsp3) is 0.409. The maximum Gasteiger partial charge on any atom is 0.240 e.